The molecule has 0 aliphatic heterocycles. The van der Waals surface area contributed by atoms with Gasteiger partial charge in [-0.25, -0.2) is 0 Å². The standard InChI is InChI=1S/C20H30O2.3CH4/c1-5-18(2)12-9-15-14(13-18)7-8-16-19(15,3)10-6-11-20(16,4)17(21)22;;;/h5,13,15-16H,1,6-12H2,2-4H3,(H,21,22);3*1H4/t15-,16+,18-,19+,20+;;;/m0.../s1. The maximum absolute atomic E-state index is 12.0. The Morgan fingerprint density at radius 1 is 1.16 bits per heavy atom. The van der Waals surface area contributed by atoms with Gasteiger partial charge in [-0.2, -0.15) is 0 Å². The third-order valence-electron chi connectivity index (χ3n) is 7.38. The van der Waals surface area contributed by atoms with Crippen LogP contribution in [-0.2, 0) is 4.79 Å². The summed E-state index contributed by atoms with van der Waals surface area (Å²) in [5, 5.41) is 9.84. The van der Waals surface area contributed by atoms with Crippen LogP contribution in [0.25, 0.3) is 0 Å². The normalized spacial score (nSPS) is 42.1. The Hall–Kier alpha value is -1.05. The predicted molar refractivity (Wildman–Crippen MR) is 110 cm³/mol. The van der Waals surface area contributed by atoms with Gasteiger partial charge in [0, 0.05) is 5.41 Å². The van der Waals surface area contributed by atoms with E-state index in [2.05, 4.69) is 32.6 Å². The lowest BCUT2D eigenvalue weighted by molar-refractivity contribution is -0.164. The van der Waals surface area contributed by atoms with Crippen molar-refractivity contribution in [3.63, 3.8) is 0 Å². The fraction of sp³-hybridized carbons (Fsp3) is 0.783. The first-order valence-corrected chi connectivity index (χ1v) is 8.84. The van der Waals surface area contributed by atoms with Gasteiger partial charge in [0.05, 0.1) is 5.41 Å². The molecule has 2 fully saturated rings. The van der Waals surface area contributed by atoms with Gasteiger partial charge in [-0.05, 0) is 62.7 Å². The molecule has 25 heavy (non-hydrogen) atoms. The second-order valence-corrected chi connectivity index (χ2v) is 8.69. The fourth-order valence-electron chi connectivity index (χ4n) is 5.94. The van der Waals surface area contributed by atoms with Crippen molar-refractivity contribution in [3.8, 4) is 0 Å². The van der Waals surface area contributed by atoms with E-state index in [1.54, 1.807) is 5.57 Å². The zero-order valence-electron chi connectivity index (χ0n) is 14.3. The van der Waals surface area contributed by atoms with Gasteiger partial charge in [0.25, 0.3) is 0 Å². The molecule has 0 spiro atoms. The number of aliphatic carboxylic acids is 1. The largest absolute Gasteiger partial charge is 0.481 e. The Labute approximate surface area is 156 Å². The molecular weight excluding hydrogens is 308 g/mol. The molecule has 0 saturated heterocycles. The molecule has 2 heteroatoms. The van der Waals surface area contributed by atoms with E-state index in [0.29, 0.717) is 11.8 Å². The molecule has 3 aliphatic carbocycles. The molecule has 2 saturated carbocycles. The number of carboxylic acid groups (broad SMARTS) is 1. The highest BCUT2D eigenvalue weighted by atomic mass is 16.4. The number of allylic oxidation sites excluding steroid dienone is 3. The van der Waals surface area contributed by atoms with Crippen molar-refractivity contribution in [2.24, 2.45) is 28.1 Å². The second-order valence-electron chi connectivity index (χ2n) is 8.69. The first kappa shape index (κ1) is 23.9. The van der Waals surface area contributed by atoms with Crippen LogP contribution < -0.4 is 0 Å². The first-order chi connectivity index (χ1) is 10.3. The molecule has 5 atom stereocenters. The Balaban J connectivity index is 0.00000192. The Morgan fingerprint density at radius 3 is 2.36 bits per heavy atom. The van der Waals surface area contributed by atoms with E-state index in [1.165, 1.54) is 12.8 Å². The highest BCUT2D eigenvalue weighted by molar-refractivity contribution is 5.75. The predicted octanol–water partition coefficient (Wildman–Crippen LogP) is 7.11. The monoisotopic (exact) mass is 350 g/mol. The minimum atomic E-state index is -0.581. The molecule has 0 heterocycles. The van der Waals surface area contributed by atoms with Gasteiger partial charge in [-0.15, -0.1) is 6.58 Å². The Morgan fingerprint density at radius 2 is 1.80 bits per heavy atom. The van der Waals surface area contributed by atoms with Crippen molar-refractivity contribution < 1.29 is 9.90 Å². The fourth-order valence-corrected chi connectivity index (χ4v) is 5.94. The van der Waals surface area contributed by atoms with Gasteiger partial charge in [-0.1, -0.05) is 60.3 Å². The zero-order chi connectivity index (χ0) is 16.2. The molecule has 146 valence electrons. The molecule has 2 nitrogen and oxygen atoms in total. The topological polar surface area (TPSA) is 37.3 Å². The lowest BCUT2D eigenvalue weighted by Gasteiger charge is -2.59. The van der Waals surface area contributed by atoms with Gasteiger partial charge in [-0.3, -0.25) is 4.79 Å². The molecule has 0 unspecified atom stereocenters. The van der Waals surface area contributed by atoms with E-state index in [9.17, 15) is 9.90 Å². The van der Waals surface area contributed by atoms with Gasteiger partial charge >= 0.3 is 5.97 Å². The summed E-state index contributed by atoms with van der Waals surface area (Å²) in [6, 6.07) is 0. The lowest BCUT2D eigenvalue weighted by Crippen LogP contribution is -2.54. The van der Waals surface area contributed by atoms with Crippen molar-refractivity contribution in [3.05, 3.63) is 24.3 Å². The van der Waals surface area contributed by atoms with Gasteiger partial charge in [0.15, 0.2) is 0 Å². The van der Waals surface area contributed by atoms with Crippen molar-refractivity contribution in [1.29, 1.82) is 0 Å². The average Bonchev–Trinajstić information content (AvgIpc) is 2.46. The number of hydrogen-bond donors (Lipinski definition) is 1. The highest BCUT2D eigenvalue weighted by Crippen LogP contribution is 2.63. The van der Waals surface area contributed by atoms with Gasteiger partial charge in [0.2, 0.25) is 0 Å². The molecule has 0 aromatic rings. The summed E-state index contributed by atoms with van der Waals surface area (Å²) in [4.78, 5) is 12.0. The van der Waals surface area contributed by atoms with E-state index >= 15 is 0 Å². The molecule has 3 aliphatic rings. The van der Waals surface area contributed by atoms with Gasteiger partial charge in [0.1, 0.15) is 0 Å². The molecule has 1 N–H and O–H groups in total. The van der Waals surface area contributed by atoms with Crippen LogP contribution in [0, 0.1) is 28.1 Å². The minimum Gasteiger partial charge on any atom is -0.481 e. The van der Waals surface area contributed by atoms with Crippen LogP contribution in [0.2, 0.25) is 0 Å². The molecule has 0 aromatic heterocycles. The molecule has 0 amide bonds. The smallest absolute Gasteiger partial charge is 0.309 e. The van der Waals surface area contributed by atoms with Crippen molar-refractivity contribution in [2.75, 3.05) is 0 Å². The van der Waals surface area contributed by atoms with Crippen LogP contribution in [0.4, 0.5) is 0 Å². The summed E-state index contributed by atoms with van der Waals surface area (Å²) in [7, 11) is 0. The minimum absolute atomic E-state index is 0. The summed E-state index contributed by atoms with van der Waals surface area (Å²) in [6.07, 6.45) is 12.1. The number of carboxylic acids is 1. The SMILES string of the molecule is C.C.C.C=C[C@]1(C)C=C2CC[C@@H]3[C@](C)(CCC[C@@]3(C)C(=O)O)[C@H]2CC1. The molecule has 3 rings (SSSR count). The van der Waals surface area contributed by atoms with E-state index < -0.39 is 11.4 Å². The van der Waals surface area contributed by atoms with Crippen LogP contribution in [0.1, 0.15) is 88.0 Å². The first-order valence-electron chi connectivity index (χ1n) is 8.84. The summed E-state index contributed by atoms with van der Waals surface area (Å²) in [5.74, 6) is 0.322. The van der Waals surface area contributed by atoms with Crippen LogP contribution in [0.15, 0.2) is 24.3 Å². The molecule has 0 aromatic carbocycles. The highest BCUT2D eigenvalue weighted by Gasteiger charge is 2.58. The summed E-state index contributed by atoms with van der Waals surface area (Å²) in [5.41, 5.74) is 1.36. The number of hydrogen-bond acceptors (Lipinski definition) is 1. The third-order valence-corrected chi connectivity index (χ3v) is 7.38. The second kappa shape index (κ2) is 7.68. The Kier molecular flexibility index (Phi) is 7.36. The maximum atomic E-state index is 12.0. The number of fused-ring (bicyclic) bond motifs is 3. The van der Waals surface area contributed by atoms with E-state index in [0.717, 1.165) is 32.1 Å². The van der Waals surface area contributed by atoms with Crippen molar-refractivity contribution in [2.45, 2.75) is 88.0 Å². The van der Waals surface area contributed by atoms with Crippen LogP contribution in [0.3, 0.4) is 0 Å². The molecular formula is C23H42O2. The summed E-state index contributed by atoms with van der Waals surface area (Å²) in [6.45, 7) is 10.7. The average molecular weight is 351 g/mol. The summed E-state index contributed by atoms with van der Waals surface area (Å²) < 4.78 is 0. The van der Waals surface area contributed by atoms with Crippen LogP contribution in [0.5, 0.6) is 0 Å². The van der Waals surface area contributed by atoms with Crippen molar-refractivity contribution >= 4 is 5.97 Å². The zero-order valence-corrected chi connectivity index (χ0v) is 14.3. The quantitative estimate of drug-likeness (QED) is 0.538. The van der Waals surface area contributed by atoms with E-state index in [-0.39, 0.29) is 33.1 Å². The van der Waals surface area contributed by atoms with E-state index in [4.69, 9.17) is 0 Å². The van der Waals surface area contributed by atoms with E-state index in [1.807, 2.05) is 6.92 Å². The number of carbonyl (C=O) groups is 1. The van der Waals surface area contributed by atoms with Crippen LogP contribution >= 0.6 is 0 Å². The van der Waals surface area contributed by atoms with Gasteiger partial charge < -0.3 is 5.11 Å². The molecule has 0 bridgehead atoms. The van der Waals surface area contributed by atoms with Crippen LogP contribution in [-0.4, -0.2) is 11.1 Å². The Bertz CT molecular complexity index is 534. The number of rotatable bonds is 2. The third kappa shape index (κ3) is 3.46. The summed E-state index contributed by atoms with van der Waals surface area (Å²) >= 11 is 0. The van der Waals surface area contributed by atoms with Crippen molar-refractivity contribution in [1.82, 2.24) is 0 Å². The lowest BCUT2D eigenvalue weighted by atomic mass is 9.45. The molecule has 0 radical (unpaired) electrons. The maximum Gasteiger partial charge on any atom is 0.309 e.